The Kier molecular flexibility index (Phi) is 4.19. The van der Waals surface area contributed by atoms with Crippen molar-refractivity contribution in [2.75, 3.05) is 7.11 Å². The average molecular weight is 341 g/mol. The van der Waals surface area contributed by atoms with Crippen molar-refractivity contribution in [3.8, 4) is 5.75 Å². The molecule has 1 aromatic heterocycles. The molecule has 0 unspecified atom stereocenters. The van der Waals surface area contributed by atoms with Crippen LogP contribution in [-0.2, 0) is 6.42 Å². The first kappa shape index (κ1) is 15.5. The van der Waals surface area contributed by atoms with Gasteiger partial charge >= 0.3 is 0 Å². The van der Waals surface area contributed by atoms with E-state index >= 15 is 0 Å². The second-order valence-corrected chi connectivity index (χ2v) is 6.90. The Bertz CT molecular complexity index is 848. The average Bonchev–Trinajstić information content (AvgIpc) is 3.25. The van der Waals surface area contributed by atoms with Gasteiger partial charge in [0.15, 0.2) is 0 Å². The largest absolute Gasteiger partial charge is 0.497 e. The number of rotatable bonds is 4. The van der Waals surface area contributed by atoms with Crippen LogP contribution in [0.15, 0.2) is 42.5 Å². The van der Waals surface area contributed by atoms with Crippen molar-refractivity contribution in [3.05, 3.63) is 58.7 Å². The molecule has 0 spiro atoms. The lowest BCUT2D eigenvalue weighted by atomic mass is 10.1. The molecule has 0 radical (unpaired) electrons. The van der Waals surface area contributed by atoms with Crippen LogP contribution >= 0.6 is 11.6 Å². The number of hydrogen-bond acceptors (Lipinski definition) is 2. The topological polar surface area (TPSA) is 27.1 Å². The summed E-state index contributed by atoms with van der Waals surface area (Å²) in [6.07, 6.45) is 5.85. The van der Waals surface area contributed by atoms with Crippen LogP contribution in [0.2, 0.25) is 5.02 Å². The predicted molar refractivity (Wildman–Crippen MR) is 98.0 cm³/mol. The van der Waals surface area contributed by atoms with Crippen molar-refractivity contribution in [2.24, 2.45) is 0 Å². The zero-order valence-electron chi connectivity index (χ0n) is 13.8. The highest BCUT2D eigenvalue weighted by atomic mass is 35.5. The van der Waals surface area contributed by atoms with Crippen LogP contribution in [0.1, 0.15) is 43.0 Å². The second kappa shape index (κ2) is 6.48. The van der Waals surface area contributed by atoms with E-state index in [1.54, 1.807) is 7.11 Å². The fraction of sp³-hybridized carbons (Fsp3) is 0.350. The highest BCUT2D eigenvalue weighted by Crippen LogP contribution is 2.35. The number of ether oxygens (including phenoxy) is 1. The van der Waals surface area contributed by atoms with Gasteiger partial charge in [-0.25, -0.2) is 0 Å². The van der Waals surface area contributed by atoms with E-state index in [0.29, 0.717) is 6.04 Å². The predicted octanol–water partition coefficient (Wildman–Crippen LogP) is 5.40. The van der Waals surface area contributed by atoms with Crippen molar-refractivity contribution < 1.29 is 4.74 Å². The molecule has 4 rings (SSSR count). The molecule has 1 aliphatic carbocycles. The van der Waals surface area contributed by atoms with Gasteiger partial charge in [0.25, 0.3) is 0 Å². The van der Waals surface area contributed by atoms with Crippen LogP contribution < -0.4 is 4.74 Å². The lowest BCUT2D eigenvalue weighted by Gasteiger charge is -2.14. The molecule has 0 saturated heterocycles. The first-order valence-corrected chi connectivity index (χ1v) is 8.92. The molecule has 24 heavy (non-hydrogen) atoms. The fourth-order valence-corrected chi connectivity index (χ4v) is 3.92. The molecule has 1 fully saturated rings. The van der Waals surface area contributed by atoms with Gasteiger partial charge in [-0.05, 0) is 36.6 Å². The van der Waals surface area contributed by atoms with Crippen LogP contribution in [0.4, 0.5) is 0 Å². The summed E-state index contributed by atoms with van der Waals surface area (Å²) in [6, 6.07) is 14.9. The zero-order valence-corrected chi connectivity index (χ0v) is 14.6. The Labute approximate surface area is 147 Å². The van der Waals surface area contributed by atoms with E-state index in [4.69, 9.17) is 21.4 Å². The normalized spacial score (nSPS) is 15.2. The van der Waals surface area contributed by atoms with Gasteiger partial charge in [0.2, 0.25) is 0 Å². The third-order valence-electron chi connectivity index (χ3n) is 4.98. The first-order valence-electron chi connectivity index (χ1n) is 8.55. The van der Waals surface area contributed by atoms with E-state index in [9.17, 15) is 0 Å². The minimum atomic E-state index is 0.502. The van der Waals surface area contributed by atoms with Crippen LogP contribution in [0.5, 0.6) is 5.75 Å². The Balaban J connectivity index is 1.78. The maximum atomic E-state index is 6.40. The molecular weight excluding hydrogens is 320 g/mol. The number of hydrogen-bond donors (Lipinski definition) is 0. The van der Waals surface area contributed by atoms with E-state index in [2.05, 4.69) is 22.9 Å². The molecule has 124 valence electrons. The number of fused-ring (bicyclic) bond motifs is 1. The molecule has 1 aliphatic rings. The van der Waals surface area contributed by atoms with E-state index in [0.717, 1.165) is 22.7 Å². The van der Waals surface area contributed by atoms with Gasteiger partial charge in [0.1, 0.15) is 11.3 Å². The number of benzene rings is 2. The van der Waals surface area contributed by atoms with Crippen molar-refractivity contribution in [1.29, 1.82) is 0 Å². The van der Waals surface area contributed by atoms with Gasteiger partial charge in [-0.1, -0.05) is 48.7 Å². The summed E-state index contributed by atoms with van der Waals surface area (Å²) in [7, 11) is 1.69. The van der Waals surface area contributed by atoms with Gasteiger partial charge in [-0.3, -0.25) is 4.68 Å². The lowest BCUT2D eigenvalue weighted by molar-refractivity contribution is 0.414. The van der Waals surface area contributed by atoms with Crippen molar-refractivity contribution in [1.82, 2.24) is 9.78 Å². The number of aromatic nitrogens is 2. The Morgan fingerprint density at radius 2 is 1.88 bits per heavy atom. The maximum Gasteiger partial charge on any atom is 0.118 e. The summed E-state index contributed by atoms with van der Waals surface area (Å²) >= 11 is 6.40. The summed E-state index contributed by atoms with van der Waals surface area (Å²) in [5.74, 6) is 0.885. The molecule has 0 N–H and O–H groups in total. The smallest absolute Gasteiger partial charge is 0.118 e. The van der Waals surface area contributed by atoms with E-state index < -0.39 is 0 Å². The Morgan fingerprint density at radius 1 is 1.12 bits per heavy atom. The Hall–Kier alpha value is -2.00. The third-order valence-corrected chi connectivity index (χ3v) is 5.29. The minimum absolute atomic E-state index is 0.502. The van der Waals surface area contributed by atoms with Gasteiger partial charge < -0.3 is 4.74 Å². The van der Waals surface area contributed by atoms with Crippen molar-refractivity contribution >= 4 is 22.5 Å². The summed E-state index contributed by atoms with van der Waals surface area (Å²) in [5, 5.41) is 6.79. The Morgan fingerprint density at radius 3 is 2.58 bits per heavy atom. The summed E-state index contributed by atoms with van der Waals surface area (Å²) in [4.78, 5) is 0. The lowest BCUT2D eigenvalue weighted by Crippen LogP contribution is -2.11. The van der Waals surface area contributed by atoms with Gasteiger partial charge in [0.05, 0.1) is 23.9 Å². The first-order chi connectivity index (χ1) is 11.8. The maximum absolute atomic E-state index is 6.40. The molecule has 0 bridgehead atoms. The molecule has 1 saturated carbocycles. The summed E-state index contributed by atoms with van der Waals surface area (Å²) in [5.41, 5.74) is 3.45. The minimum Gasteiger partial charge on any atom is -0.497 e. The van der Waals surface area contributed by atoms with Crippen molar-refractivity contribution in [3.63, 3.8) is 0 Å². The highest BCUT2D eigenvalue weighted by molar-refractivity contribution is 6.35. The molecule has 1 heterocycles. The number of halogens is 1. The zero-order chi connectivity index (χ0) is 16.5. The van der Waals surface area contributed by atoms with Gasteiger partial charge in [-0.15, -0.1) is 0 Å². The van der Waals surface area contributed by atoms with E-state index in [-0.39, 0.29) is 0 Å². The summed E-state index contributed by atoms with van der Waals surface area (Å²) < 4.78 is 7.50. The number of methoxy groups -OCH3 is 1. The van der Waals surface area contributed by atoms with Gasteiger partial charge in [0, 0.05) is 11.8 Å². The molecule has 3 aromatic rings. The van der Waals surface area contributed by atoms with Crippen LogP contribution in [0, 0.1) is 0 Å². The summed E-state index contributed by atoms with van der Waals surface area (Å²) in [6.45, 7) is 0. The highest BCUT2D eigenvalue weighted by Gasteiger charge is 2.23. The number of nitrogens with zero attached hydrogens (tertiary/aromatic N) is 2. The van der Waals surface area contributed by atoms with Crippen molar-refractivity contribution in [2.45, 2.75) is 38.1 Å². The second-order valence-electron chi connectivity index (χ2n) is 6.49. The van der Waals surface area contributed by atoms with E-state index in [1.165, 1.54) is 42.3 Å². The van der Waals surface area contributed by atoms with Gasteiger partial charge in [-0.2, -0.15) is 5.10 Å². The molecule has 0 amide bonds. The van der Waals surface area contributed by atoms with Crippen LogP contribution in [0.25, 0.3) is 10.9 Å². The molecule has 3 nitrogen and oxygen atoms in total. The standard InChI is InChI=1S/C20H21ClN2O/c1-24-16-11-9-14(10-12-16)13-19-17-7-4-8-18(21)20(17)22-23(19)15-5-2-3-6-15/h4,7-12,15H,2-3,5-6,13H2,1H3. The molecule has 2 aromatic carbocycles. The van der Waals surface area contributed by atoms with Crippen LogP contribution in [0.3, 0.4) is 0 Å². The quantitative estimate of drug-likeness (QED) is 0.635. The monoisotopic (exact) mass is 340 g/mol. The van der Waals surface area contributed by atoms with E-state index in [1.807, 2.05) is 24.3 Å². The van der Waals surface area contributed by atoms with Crippen LogP contribution in [-0.4, -0.2) is 16.9 Å². The molecule has 4 heteroatoms. The SMILES string of the molecule is COc1ccc(Cc2c3cccc(Cl)c3nn2C2CCCC2)cc1. The molecule has 0 atom stereocenters. The molecular formula is C20H21ClN2O. The molecule has 0 aliphatic heterocycles. The fourth-order valence-electron chi connectivity index (χ4n) is 3.71. The third kappa shape index (κ3) is 2.78.